The van der Waals surface area contributed by atoms with Crippen molar-refractivity contribution in [1.29, 1.82) is 0 Å². The number of likely N-dealkylation sites (tertiary alicyclic amines) is 1. The SMILES string of the molecule is CC[C@@H](Oc1ccc(OC)cc1)C(=O)NCc1ccc(CN2CCCC2)cc1. The van der Waals surface area contributed by atoms with Crippen LogP contribution in [0.15, 0.2) is 48.5 Å². The molecular formula is C23H30N2O3. The molecule has 0 aromatic heterocycles. The first-order chi connectivity index (χ1) is 13.7. The van der Waals surface area contributed by atoms with E-state index >= 15 is 0 Å². The molecule has 0 radical (unpaired) electrons. The minimum atomic E-state index is -0.511. The van der Waals surface area contributed by atoms with Gasteiger partial charge >= 0.3 is 0 Å². The van der Waals surface area contributed by atoms with Gasteiger partial charge in [-0.05, 0) is 67.7 Å². The van der Waals surface area contributed by atoms with Crippen molar-refractivity contribution in [3.63, 3.8) is 0 Å². The van der Waals surface area contributed by atoms with Gasteiger partial charge in [-0.25, -0.2) is 0 Å². The Hall–Kier alpha value is -2.53. The van der Waals surface area contributed by atoms with E-state index < -0.39 is 6.10 Å². The van der Waals surface area contributed by atoms with Crippen molar-refractivity contribution >= 4 is 5.91 Å². The molecule has 1 atom stereocenters. The molecule has 0 bridgehead atoms. The third-order valence-corrected chi connectivity index (χ3v) is 5.10. The Labute approximate surface area is 167 Å². The minimum Gasteiger partial charge on any atom is -0.497 e. The number of hydrogen-bond acceptors (Lipinski definition) is 4. The molecule has 2 aromatic carbocycles. The zero-order valence-electron chi connectivity index (χ0n) is 16.8. The van der Waals surface area contributed by atoms with E-state index in [-0.39, 0.29) is 5.91 Å². The first-order valence-electron chi connectivity index (χ1n) is 10.1. The fraction of sp³-hybridized carbons (Fsp3) is 0.435. The summed E-state index contributed by atoms with van der Waals surface area (Å²) in [6, 6.07) is 15.8. The molecule has 0 saturated carbocycles. The highest BCUT2D eigenvalue weighted by Crippen LogP contribution is 2.19. The van der Waals surface area contributed by atoms with Gasteiger partial charge < -0.3 is 14.8 Å². The van der Waals surface area contributed by atoms with Crippen molar-refractivity contribution < 1.29 is 14.3 Å². The quantitative estimate of drug-likeness (QED) is 0.717. The highest BCUT2D eigenvalue weighted by molar-refractivity contribution is 5.81. The van der Waals surface area contributed by atoms with E-state index in [2.05, 4.69) is 34.5 Å². The van der Waals surface area contributed by atoms with Crippen LogP contribution >= 0.6 is 0 Å². The molecule has 28 heavy (non-hydrogen) atoms. The van der Waals surface area contributed by atoms with Gasteiger partial charge in [0.1, 0.15) is 11.5 Å². The van der Waals surface area contributed by atoms with Gasteiger partial charge in [-0.2, -0.15) is 0 Å². The fourth-order valence-electron chi connectivity index (χ4n) is 3.41. The van der Waals surface area contributed by atoms with E-state index in [1.807, 2.05) is 31.2 Å². The van der Waals surface area contributed by atoms with E-state index in [1.54, 1.807) is 7.11 Å². The van der Waals surface area contributed by atoms with Crippen molar-refractivity contribution in [2.24, 2.45) is 0 Å². The van der Waals surface area contributed by atoms with Crippen LogP contribution < -0.4 is 14.8 Å². The Kier molecular flexibility index (Phi) is 7.31. The molecule has 0 aliphatic carbocycles. The van der Waals surface area contributed by atoms with Crippen molar-refractivity contribution in [3.8, 4) is 11.5 Å². The van der Waals surface area contributed by atoms with E-state index in [0.717, 1.165) is 17.9 Å². The van der Waals surface area contributed by atoms with Crippen LogP contribution in [0.2, 0.25) is 0 Å². The predicted molar refractivity (Wildman–Crippen MR) is 111 cm³/mol. The largest absolute Gasteiger partial charge is 0.497 e. The van der Waals surface area contributed by atoms with Gasteiger partial charge in [0.15, 0.2) is 6.10 Å². The van der Waals surface area contributed by atoms with Crippen LogP contribution in [0.1, 0.15) is 37.3 Å². The Morgan fingerprint density at radius 1 is 1.00 bits per heavy atom. The van der Waals surface area contributed by atoms with Gasteiger partial charge in [-0.3, -0.25) is 9.69 Å². The van der Waals surface area contributed by atoms with Crippen LogP contribution in [-0.2, 0) is 17.9 Å². The first-order valence-corrected chi connectivity index (χ1v) is 10.1. The molecular weight excluding hydrogens is 352 g/mol. The number of nitrogens with one attached hydrogen (secondary N) is 1. The molecule has 1 N–H and O–H groups in total. The lowest BCUT2D eigenvalue weighted by Crippen LogP contribution is -2.37. The molecule has 2 aromatic rings. The summed E-state index contributed by atoms with van der Waals surface area (Å²) in [6.45, 7) is 5.86. The summed E-state index contributed by atoms with van der Waals surface area (Å²) in [5.41, 5.74) is 2.42. The maximum atomic E-state index is 12.5. The van der Waals surface area contributed by atoms with Crippen molar-refractivity contribution in [3.05, 3.63) is 59.7 Å². The van der Waals surface area contributed by atoms with E-state index in [4.69, 9.17) is 9.47 Å². The van der Waals surface area contributed by atoms with Gasteiger partial charge in [0.05, 0.1) is 7.11 Å². The summed E-state index contributed by atoms with van der Waals surface area (Å²) < 4.78 is 11.0. The van der Waals surface area contributed by atoms with Crippen LogP contribution in [0.25, 0.3) is 0 Å². The second kappa shape index (κ2) is 10.1. The summed E-state index contributed by atoms with van der Waals surface area (Å²) in [4.78, 5) is 15.0. The molecule has 1 amide bonds. The normalized spacial score (nSPS) is 15.2. The van der Waals surface area contributed by atoms with E-state index in [1.165, 1.54) is 31.5 Å². The molecule has 0 unspecified atom stereocenters. The average molecular weight is 383 g/mol. The predicted octanol–water partition coefficient (Wildman–Crippen LogP) is 3.76. The third-order valence-electron chi connectivity index (χ3n) is 5.10. The standard InChI is InChI=1S/C23H30N2O3/c1-3-22(28-21-12-10-20(27-2)11-13-21)23(26)24-16-18-6-8-19(9-7-18)17-25-14-4-5-15-25/h6-13,22H,3-5,14-17H2,1-2H3,(H,24,26)/t22-/m1/s1. The molecule has 1 heterocycles. The monoisotopic (exact) mass is 382 g/mol. The Morgan fingerprint density at radius 3 is 2.21 bits per heavy atom. The number of methoxy groups -OCH3 is 1. The van der Waals surface area contributed by atoms with E-state index in [0.29, 0.717) is 18.7 Å². The van der Waals surface area contributed by atoms with Crippen molar-refractivity contribution in [2.75, 3.05) is 20.2 Å². The van der Waals surface area contributed by atoms with Crippen molar-refractivity contribution in [2.45, 2.75) is 45.4 Å². The van der Waals surface area contributed by atoms with Gasteiger partial charge in [0.25, 0.3) is 5.91 Å². The Bertz CT molecular complexity index is 737. The number of hydrogen-bond donors (Lipinski definition) is 1. The fourth-order valence-corrected chi connectivity index (χ4v) is 3.41. The maximum Gasteiger partial charge on any atom is 0.261 e. The molecule has 1 aliphatic rings. The van der Waals surface area contributed by atoms with Crippen molar-refractivity contribution in [1.82, 2.24) is 10.2 Å². The molecule has 0 spiro atoms. The third kappa shape index (κ3) is 5.73. The maximum absolute atomic E-state index is 12.5. The molecule has 1 saturated heterocycles. The number of rotatable bonds is 9. The smallest absolute Gasteiger partial charge is 0.261 e. The summed E-state index contributed by atoms with van der Waals surface area (Å²) >= 11 is 0. The van der Waals surface area contributed by atoms with Gasteiger partial charge in [-0.15, -0.1) is 0 Å². The van der Waals surface area contributed by atoms with Gasteiger partial charge in [0.2, 0.25) is 0 Å². The number of carbonyl (C=O) groups excluding carboxylic acids is 1. The van der Waals surface area contributed by atoms with Gasteiger partial charge in [-0.1, -0.05) is 31.2 Å². The first kappa shape index (κ1) is 20.2. The highest BCUT2D eigenvalue weighted by atomic mass is 16.5. The number of ether oxygens (including phenoxy) is 2. The number of benzene rings is 2. The molecule has 3 rings (SSSR count). The summed E-state index contributed by atoms with van der Waals surface area (Å²) in [7, 11) is 1.62. The number of amides is 1. The molecule has 5 heteroatoms. The van der Waals surface area contributed by atoms with Crippen LogP contribution in [0.3, 0.4) is 0 Å². The molecule has 150 valence electrons. The summed E-state index contributed by atoms with van der Waals surface area (Å²) in [5.74, 6) is 1.33. The van der Waals surface area contributed by atoms with Crippen LogP contribution in [0, 0.1) is 0 Å². The molecule has 5 nitrogen and oxygen atoms in total. The molecule has 1 fully saturated rings. The lowest BCUT2D eigenvalue weighted by molar-refractivity contribution is -0.128. The topological polar surface area (TPSA) is 50.8 Å². The summed E-state index contributed by atoms with van der Waals surface area (Å²) in [5, 5.41) is 2.99. The van der Waals surface area contributed by atoms with Crippen LogP contribution in [-0.4, -0.2) is 37.1 Å². The Morgan fingerprint density at radius 2 is 1.61 bits per heavy atom. The van der Waals surface area contributed by atoms with Crippen LogP contribution in [0.5, 0.6) is 11.5 Å². The Balaban J connectivity index is 1.48. The zero-order chi connectivity index (χ0) is 19.8. The number of carbonyl (C=O) groups is 1. The summed E-state index contributed by atoms with van der Waals surface area (Å²) in [6.07, 6.45) is 2.71. The second-order valence-corrected chi connectivity index (χ2v) is 7.21. The second-order valence-electron chi connectivity index (χ2n) is 7.21. The lowest BCUT2D eigenvalue weighted by atomic mass is 10.1. The molecule has 1 aliphatic heterocycles. The highest BCUT2D eigenvalue weighted by Gasteiger charge is 2.18. The number of nitrogens with zero attached hydrogens (tertiary/aromatic N) is 1. The minimum absolute atomic E-state index is 0.0977. The van der Waals surface area contributed by atoms with Crippen LogP contribution in [0.4, 0.5) is 0 Å². The average Bonchev–Trinajstić information content (AvgIpc) is 3.24. The zero-order valence-corrected chi connectivity index (χ0v) is 16.8. The van der Waals surface area contributed by atoms with Gasteiger partial charge in [0, 0.05) is 13.1 Å². The lowest BCUT2D eigenvalue weighted by Gasteiger charge is -2.18. The van der Waals surface area contributed by atoms with E-state index in [9.17, 15) is 4.79 Å².